The molecule has 3 nitrogen and oxygen atoms in total. The Morgan fingerprint density at radius 2 is 1.39 bits per heavy atom. The average Bonchev–Trinajstić information content (AvgIpc) is 2.64. The van der Waals surface area contributed by atoms with Gasteiger partial charge >= 0.3 is 0 Å². The first-order valence-corrected chi connectivity index (χ1v) is 11.0. The fourth-order valence-corrected chi connectivity index (χ4v) is 3.40. The molecule has 0 aliphatic rings. The summed E-state index contributed by atoms with van der Waals surface area (Å²) < 4.78 is 39.6. The molecule has 0 aliphatic carbocycles. The Hall–Kier alpha value is -2.04. The lowest BCUT2D eigenvalue weighted by Gasteiger charge is -2.16. The molecule has 3 aromatic rings. The molecule has 5 heteroatoms. The monoisotopic (exact) mass is 344 g/mol. The Balaban J connectivity index is 2.17. The lowest BCUT2D eigenvalue weighted by atomic mass is 10.2. The summed E-state index contributed by atoms with van der Waals surface area (Å²) in [5.74, 6) is 0.227. The van der Waals surface area contributed by atoms with E-state index in [0.717, 1.165) is 0 Å². The van der Waals surface area contributed by atoms with Crippen LogP contribution in [-0.2, 0) is 0 Å². The molecular weight excluding hydrogens is 322 g/mol. The quantitative estimate of drug-likeness (QED) is 0.661. The second kappa shape index (κ2) is 6.22. The van der Waals surface area contributed by atoms with Crippen molar-refractivity contribution in [2.75, 3.05) is 0 Å². The molecule has 0 atom stereocenters. The summed E-state index contributed by atoms with van der Waals surface area (Å²) in [4.78, 5) is 12.5. The van der Waals surface area contributed by atoms with Gasteiger partial charge < -0.3 is 0 Å². The van der Waals surface area contributed by atoms with Gasteiger partial charge in [0.25, 0.3) is 0 Å². The van der Waals surface area contributed by atoms with Crippen LogP contribution >= 0.6 is 11.6 Å². The number of nitrogens with zero attached hydrogens (tertiary/aromatic N) is 3. The number of halogens is 1. The van der Waals surface area contributed by atoms with Gasteiger partial charge in [0.2, 0.25) is 5.28 Å². The zero-order valence-electron chi connectivity index (χ0n) is 18.0. The summed E-state index contributed by atoms with van der Waals surface area (Å²) in [6.07, 6.45) is 0. The molecule has 1 aromatic heterocycles. The second-order valence-corrected chi connectivity index (χ2v) is 11.5. The van der Waals surface area contributed by atoms with Gasteiger partial charge in [-0.25, -0.2) is 4.98 Å². The third-order valence-electron chi connectivity index (χ3n) is 3.34. The number of rotatable bonds is 3. The van der Waals surface area contributed by atoms with E-state index in [1.807, 2.05) is 24.3 Å². The molecular formula is C18H18ClN3Si. The van der Waals surface area contributed by atoms with E-state index in [9.17, 15) is 0 Å². The maximum Gasteiger partial charge on any atom is 0.226 e. The minimum Gasteiger partial charge on any atom is -0.208 e. The van der Waals surface area contributed by atoms with Crippen LogP contribution in [0.5, 0.6) is 0 Å². The van der Waals surface area contributed by atoms with Gasteiger partial charge in [0.15, 0.2) is 11.6 Å². The minimum absolute atomic E-state index is 0.0544. The molecule has 0 aliphatic heterocycles. The van der Waals surface area contributed by atoms with Gasteiger partial charge in [-0.05, 0) is 11.6 Å². The highest BCUT2D eigenvalue weighted by molar-refractivity contribution is 6.88. The second-order valence-electron chi connectivity index (χ2n) is 6.08. The Labute approximate surface area is 149 Å². The first-order valence-electron chi connectivity index (χ1n) is 9.60. The fraction of sp³-hybridized carbons (Fsp3) is 0.167. The van der Waals surface area contributed by atoms with E-state index in [0.29, 0.717) is 5.56 Å². The molecule has 0 bridgehead atoms. The van der Waals surface area contributed by atoms with Crippen LogP contribution < -0.4 is 5.19 Å². The molecule has 0 saturated heterocycles. The van der Waals surface area contributed by atoms with E-state index in [4.69, 9.17) is 18.5 Å². The maximum absolute atomic E-state index is 8.10. The molecule has 0 unspecified atom stereocenters. The van der Waals surface area contributed by atoms with Crippen LogP contribution in [0.3, 0.4) is 0 Å². The van der Waals surface area contributed by atoms with Crippen molar-refractivity contribution >= 4 is 24.9 Å². The lowest BCUT2D eigenvalue weighted by Crippen LogP contribution is -2.37. The zero-order valence-corrected chi connectivity index (χ0v) is 14.8. The molecule has 0 spiro atoms. The molecule has 3 rings (SSSR count). The Morgan fingerprint density at radius 3 is 1.96 bits per heavy atom. The van der Waals surface area contributed by atoms with Crippen LogP contribution in [0.2, 0.25) is 24.9 Å². The zero-order chi connectivity index (χ0) is 20.8. The Kier molecular flexibility index (Phi) is 2.89. The van der Waals surface area contributed by atoms with E-state index in [1.165, 1.54) is 5.19 Å². The van der Waals surface area contributed by atoms with E-state index in [2.05, 4.69) is 34.6 Å². The third-order valence-corrected chi connectivity index (χ3v) is 5.58. The largest absolute Gasteiger partial charge is 0.226 e. The molecule has 116 valence electrons. The normalized spacial score (nSPS) is 14.5. The SMILES string of the molecule is [2H]c1c([2H])c([2H])c(-c2nc(Cl)nc(-c3ccc([Si](C)(C)C)cc3)n2)c([2H])c1[2H]. The van der Waals surface area contributed by atoms with Crippen LogP contribution in [0, 0.1) is 0 Å². The smallest absolute Gasteiger partial charge is 0.208 e. The highest BCUT2D eigenvalue weighted by Gasteiger charge is 2.16. The van der Waals surface area contributed by atoms with E-state index >= 15 is 0 Å². The topological polar surface area (TPSA) is 38.7 Å². The summed E-state index contributed by atoms with van der Waals surface area (Å²) >= 11 is 6.06. The molecule has 0 saturated carbocycles. The van der Waals surface area contributed by atoms with Gasteiger partial charge in [0.1, 0.15) is 0 Å². The maximum atomic E-state index is 8.10. The van der Waals surface area contributed by atoms with Crippen molar-refractivity contribution in [1.29, 1.82) is 0 Å². The van der Waals surface area contributed by atoms with Crippen molar-refractivity contribution in [2.24, 2.45) is 0 Å². The molecule has 23 heavy (non-hydrogen) atoms. The predicted molar refractivity (Wildman–Crippen MR) is 98.7 cm³/mol. The van der Waals surface area contributed by atoms with E-state index in [-0.39, 0.29) is 34.6 Å². The highest BCUT2D eigenvalue weighted by Crippen LogP contribution is 2.21. The van der Waals surface area contributed by atoms with E-state index < -0.39 is 26.2 Å². The van der Waals surface area contributed by atoms with Crippen molar-refractivity contribution in [3.63, 3.8) is 0 Å². The standard InChI is InChI=1S/C18H18ClN3Si/c1-23(2,3)15-11-9-14(10-12-15)17-20-16(21-18(19)22-17)13-7-5-4-6-8-13/h4-12H,1-3H3/i4D,5D,6D,7D,8D. The van der Waals surface area contributed by atoms with Gasteiger partial charge in [0, 0.05) is 11.1 Å². The van der Waals surface area contributed by atoms with Gasteiger partial charge in [-0.3, -0.25) is 0 Å². The lowest BCUT2D eigenvalue weighted by molar-refractivity contribution is 1.07. The predicted octanol–water partition coefficient (Wildman–Crippen LogP) is 4.40. The first kappa shape index (κ1) is 10.7. The van der Waals surface area contributed by atoms with Crippen LogP contribution in [0.4, 0.5) is 0 Å². The summed E-state index contributed by atoms with van der Waals surface area (Å²) in [5.41, 5.74) is 0.607. The summed E-state index contributed by atoms with van der Waals surface area (Å²) in [7, 11) is -1.45. The molecule has 2 aromatic carbocycles. The number of hydrogen-bond donors (Lipinski definition) is 0. The highest BCUT2D eigenvalue weighted by atomic mass is 35.5. The Bertz CT molecular complexity index is 1040. The van der Waals surface area contributed by atoms with Gasteiger partial charge in [-0.15, -0.1) is 0 Å². The van der Waals surface area contributed by atoms with Crippen LogP contribution in [0.15, 0.2) is 54.5 Å². The van der Waals surface area contributed by atoms with Crippen molar-refractivity contribution in [1.82, 2.24) is 15.0 Å². The summed E-state index contributed by atoms with van der Waals surface area (Å²) in [6, 6.07) is 5.72. The molecule has 0 radical (unpaired) electrons. The summed E-state index contributed by atoms with van der Waals surface area (Å²) in [6.45, 7) is 6.74. The van der Waals surface area contributed by atoms with Crippen LogP contribution in [0.25, 0.3) is 22.8 Å². The summed E-state index contributed by atoms with van der Waals surface area (Å²) in [5, 5.41) is 1.17. The van der Waals surface area contributed by atoms with Crippen molar-refractivity contribution < 1.29 is 6.85 Å². The van der Waals surface area contributed by atoms with Crippen LogP contribution in [-0.4, -0.2) is 23.0 Å². The first-order chi connectivity index (χ1) is 13.0. The van der Waals surface area contributed by atoms with E-state index in [1.54, 1.807) is 0 Å². The number of aromatic nitrogens is 3. The number of hydrogen-bond acceptors (Lipinski definition) is 3. The molecule has 0 amide bonds. The number of benzene rings is 2. The Morgan fingerprint density at radius 1 is 0.826 bits per heavy atom. The van der Waals surface area contributed by atoms with Crippen LogP contribution in [0.1, 0.15) is 6.85 Å². The molecule has 1 heterocycles. The third kappa shape index (κ3) is 3.66. The van der Waals surface area contributed by atoms with Crippen molar-refractivity contribution in [3.05, 3.63) is 59.8 Å². The molecule has 0 N–H and O–H groups in total. The van der Waals surface area contributed by atoms with Gasteiger partial charge in [-0.1, -0.05) is 79.3 Å². The molecule has 0 fully saturated rings. The van der Waals surface area contributed by atoms with Crippen molar-refractivity contribution in [2.45, 2.75) is 19.6 Å². The van der Waals surface area contributed by atoms with Gasteiger partial charge in [0.05, 0.1) is 14.9 Å². The van der Waals surface area contributed by atoms with Gasteiger partial charge in [-0.2, -0.15) is 9.97 Å². The van der Waals surface area contributed by atoms with Crippen molar-refractivity contribution in [3.8, 4) is 22.8 Å². The fourth-order valence-electron chi connectivity index (χ4n) is 2.07. The minimum atomic E-state index is -1.45. The average molecular weight is 345 g/mol.